The molecule has 3 aromatic rings. The van der Waals surface area contributed by atoms with Crippen LogP contribution in [0.2, 0.25) is 0 Å². The highest BCUT2D eigenvalue weighted by Gasteiger charge is 2.31. The van der Waals surface area contributed by atoms with Gasteiger partial charge in [0.25, 0.3) is 0 Å². The van der Waals surface area contributed by atoms with E-state index in [1.165, 1.54) is 0 Å². The summed E-state index contributed by atoms with van der Waals surface area (Å²) in [6.45, 7) is 0.451. The van der Waals surface area contributed by atoms with Crippen molar-refractivity contribution in [1.29, 1.82) is 0 Å². The molecular weight excluding hydrogens is 270 g/mol. The highest BCUT2D eigenvalue weighted by molar-refractivity contribution is 6.01. The van der Waals surface area contributed by atoms with Crippen LogP contribution in [-0.4, -0.2) is 25.8 Å². The summed E-state index contributed by atoms with van der Waals surface area (Å²) in [4.78, 5) is 16.1. The van der Waals surface area contributed by atoms with Crippen LogP contribution in [-0.2, 0) is 6.54 Å². The third-order valence-electron chi connectivity index (χ3n) is 3.77. The fraction of sp³-hybridized carbons (Fsp3) is 0.267. The molecule has 6 heteroatoms. The zero-order valence-corrected chi connectivity index (χ0v) is 11.2. The van der Waals surface area contributed by atoms with Gasteiger partial charge in [0.1, 0.15) is 5.82 Å². The van der Waals surface area contributed by atoms with Crippen molar-refractivity contribution in [1.82, 2.24) is 14.7 Å². The summed E-state index contributed by atoms with van der Waals surface area (Å²) in [7, 11) is 0. The fourth-order valence-corrected chi connectivity index (χ4v) is 2.67. The number of imidazole rings is 1. The lowest BCUT2D eigenvalue weighted by molar-refractivity contribution is 0.0698. The monoisotopic (exact) mass is 283 g/mol. The number of fused-ring (bicyclic) bond motifs is 1. The van der Waals surface area contributed by atoms with Gasteiger partial charge in [-0.2, -0.15) is 0 Å². The first-order valence-electron chi connectivity index (χ1n) is 6.86. The molecule has 0 atom stereocenters. The number of nitrogens with zero attached hydrogens (tertiary/aromatic N) is 3. The summed E-state index contributed by atoms with van der Waals surface area (Å²) >= 11 is 0. The van der Waals surface area contributed by atoms with Gasteiger partial charge in [-0.05, 0) is 25.0 Å². The van der Waals surface area contributed by atoms with E-state index in [0.29, 0.717) is 23.7 Å². The SMILES string of the molecule is O=C(O)c1cccc2nc(C3CC3)n(Cc3ccno3)c12. The average Bonchev–Trinajstić information content (AvgIpc) is 3.07. The highest BCUT2D eigenvalue weighted by Crippen LogP contribution is 2.41. The predicted octanol–water partition coefficient (Wildman–Crippen LogP) is 2.65. The molecule has 1 aromatic carbocycles. The zero-order valence-electron chi connectivity index (χ0n) is 11.2. The van der Waals surface area contributed by atoms with Gasteiger partial charge in [-0.25, -0.2) is 9.78 Å². The minimum Gasteiger partial charge on any atom is -0.478 e. The van der Waals surface area contributed by atoms with Gasteiger partial charge in [0.05, 0.1) is 29.3 Å². The van der Waals surface area contributed by atoms with E-state index in [1.807, 2.05) is 10.6 Å². The number of hydrogen-bond acceptors (Lipinski definition) is 4. The number of aromatic nitrogens is 3. The van der Waals surface area contributed by atoms with Crippen molar-refractivity contribution in [2.24, 2.45) is 0 Å². The van der Waals surface area contributed by atoms with Gasteiger partial charge in [-0.15, -0.1) is 0 Å². The van der Waals surface area contributed by atoms with Crippen molar-refractivity contribution in [3.05, 3.63) is 47.6 Å². The first kappa shape index (κ1) is 12.1. The smallest absolute Gasteiger partial charge is 0.337 e. The number of para-hydroxylation sites is 1. The van der Waals surface area contributed by atoms with Crippen LogP contribution < -0.4 is 0 Å². The fourth-order valence-electron chi connectivity index (χ4n) is 2.67. The standard InChI is InChI=1S/C15H13N3O3/c19-15(20)11-2-1-3-12-13(11)18(8-10-6-7-16-21-10)14(17-12)9-4-5-9/h1-3,6-7,9H,4-5,8H2,(H,19,20). The van der Waals surface area contributed by atoms with Crippen molar-refractivity contribution >= 4 is 17.0 Å². The highest BCUT2D eigenvalue weighted by atomic mass is 16.5. The van der Waals surface area contributed by atoms with Crippen LogP contribution in [0.25, 0.3) is 11.0 Å². The summed E-state index contributed by atoms with van der Waals surface area (Å²) in [5.74, 6) is 1.11. The van der Waals surface area contributed by atoms with Crippen molar-refractivity contribution in [3.8, 4) is 0 Å². The largest absolute Gasteiger partial charge is 0.478 e. The number of aromatic carboxylic acids is 1. The Labute approximate surface area is 120 Å². The minimum absolute atomic E-state index is 0.270. The molecule has 0 bridgehead atoms. The van der Waals surface area contributed by atoms with Crippen LogP contribution in [0.15, 0.2) is 35.0 Å². The van der Waals surface area contributed by atoms with Crippen LogP contribution in [0, 0.1) is 0 Å². The Balaban J connectivity index is 1.95. The van der Waals surface area contributed by atoms with Crippen LogP contribution in [0.5, 0.6) is 0 Å². The van der Waals surface area contributed by atoms with Crippen LogP contribution in [0.3, 0.4) is 0 Å². The molecule has 2 heterocycles. The Morgan fingerprint density at radius 2 is 2.24 bits per heavy atom. The van der Waals surface area contributed by atoms with Crippen LogP contribution in [0.4, 0.5) is 0 Å². The van der Waals surface area contributed by atoms with Crippen molar-refractivity contribution in [2.75, 3.05) is 0 Å². The van der Waals surface area contributed by atoms with Gasteiger partial charge in [0, 0.05) is 12.0 Å². The van der Waals surface area contributed by atoms with Gasteiger partial charge < -0.3 is 14.2 Å². The molecule has 0 radical (unpaired) electrons. The van der Waals surface area contributed by atoms with Crippen molar-refractivity contribution in [2.45, 2.75) is 25.3 Å². The van der Waals surface area contributed by atoms with Crippen molar-refractivity contribution in [3.63, 3.8) is 0 Å². The van der Waals surface area contributed by atoms with Gasteiger partial charge in [-0.3, -0.25) is 0 Å². The van der Waals surface area contributed by atoms with E-state index in [1.54, 1.807) is 24.4 Å². The quantitative estimate of drug-likeness (QED) is 0.796. The molecule has 0 spiro atoms. The Kier molecular flexibility index (Phi) is 2.57. The second-order valence-corrected chi connectivity index (χ2v) is 5.29. The van der Waals surface area contributed by atoms with Crippen LogP contribution in [0.1, 0.15) is 40.7 Å². The second kappa shape index (κ2) is 4.44. The maximum absolute atomic E-state index is 11.5. The lowest BCUT2D eigenvalue weighted by atomic mass is 10.2. The maximum atomic E-state index is 11.5. The van der Waals surface area contributed by atoms with E-state index in [2.05, 4.69) is 10.1 Å². The summed E-state index contributed by atoms with van der Waals surface area (Å²) in [5.41, 5.74) is 1.64. The van der Waals surface area contributed by atoms with Gasteiger partial charge in [-0.1, -0.05) is 11.2 Å². The molecule has 0 saturated heterocycles. The number of carbonyl (C=O) groups is 1. The minimum atomic E-state index is -0.943. The molecule has 4 rings (SSSR count). The van der Waals surface area contributed by atoms with E-state index in [4.69, 9.17) is 4.52 Å². The topological polar surface area (TPSA) is 81.1 Å². The summed E-state index contributed by atoms with van der Waals surface area (Å²) < 4.78 is 7.12. The average molecular weight is 283 g/mol. The van der Waals surface area contributed by atoms with Crippen molar-refractivity contribution < 1.29 is 14.4 Å². The Morgan fingerprint density at radius 3 is 2.90 bits per heavy atom. The van der Waals surface area contributed by atoms with E-state index in [-0.39, 0.29) is 5.56 Å². The summed E-state index contributed by atoms with van der Waals surface area (Å²) in [5, 5.41) is 13.1. The molecule has 0 amide bonds. The van der Waals surface area contributed by atoms with E-state index in [0.717, 1.165) is 24.2 Å². The third kappa shape index (κ3) is 1.99. The van der Waals surface area contributed by atoms with Crippen LogP contribution >= 0.6 is 0 Å². The number of hydrogen-bond donors (Lipinski definition) is 1. The lowest BCUT2D eigenvalue weighted by Crippen LogP contribution is -2.07. The molecule has 1 aliphatic rings. The molecule has 0 unspecified atom stereocenters. The molecule has 1 saturated carbocycles. The predicted molar refractivity (Wildman–Crippen MR) is 74.3 cm³/mol. The Bertz CT molecular complexity index is 816. The Morgan fingerprint density at radius 1 is 1.38 bits per heavy atom. The Hall–Kier alpha value is -2.63. The van der Waals surface area contributed by atoms with Gasteiger partial charge in [0.15, 0.2) is 5.76 Å². The first-order chi connectivity index (χ1) is 10.2. The molecule has 2 aromatic heterocycles. The zero-order chi connectivity index (χ0) is 14.4. The third-order valence-corrected chi connectivity index (χ3v) is 3.77. The number of carboxylic acid groups (broad SMARTS) is 1. The summed E-state index contributed by atoms with van der Waals surface area (Å²) in [6.07, 6.45) is 3.79. The number of carboxylic acids is 1. The lowest BCUT2D eigenvalue weighted by Gasteiger charge is -2.08. The molecule has 106 valence electrons. The molecule has 1 N–H and O–H groups in total. The number of rotatable bonds is 4. The van der Waals surface area contributed by atoms with Gasteiger partial charge in [0.2, 0.25) is 0 Å². The molecule has 6 nitrogen and oxygen atoms in total. The molecule has 1 fully saturated rings. The number of benzene rings is 1. The summed E-state index contributed by atoms with van der Waals surface area (Å²) in [6, 6.07) is 6.98. The van der Waals surface area contributed by atoms with E-state index >= 15 is 0 Å². The molecule has 21 heavy (non-hydrogen) atoms. The molecular formula is C15H13N3O3. The first-order valence-corrected chi connectivity index (χ1v) is 6.86. The molecule has 1 aliphatic carbocycles. The van der Waals surface area contributed by atoms with E-state index in [9.17, 15) is 9.90 Å². The van der Waals surface area contributed by atoms with Gasteiger partial charge >= 0.3 is 5.97 Å². The van der Waals surface area contributed by atoms with E-state index < -0.39 is 5.97 Å². The normalized spacial score (nSPS) is 14.7. The molecule has 0 aliphatic heterocycles. The maximum Gasteiger partial charge on any atom is 0.337 e. The second-order valence-electron chi connectivity index (χ2n) is 5.29.